The zero-order chi connectivity index (χ0) is 21.0. The van der Waals surface area contributed by atoms with Crippen LogP contribution in [-0.4, -0.2) is 29.1 Å². The van der Waals surface area contributed by atoms with Gasteiger partial charge in [0.15, 0.2) is 0 Å². The zero-order valence-electron chi connectivity index (χ0n) is 16.4. The fourth-order valence-electron chi connectivity index (χ4n) is 3.59. The second kappa shape index (κ2) is 8.90. The Hall–Kier alpha value is -2.83. The molecule has 1 aliphatic heterocycles. The second-order valence-corrected chi connectivity index (χ2v) is 8.31. The lowest BCUT2D eigenvalue weighted by Crippen LogP contribution is -2.46. The number of amides is 2. The molecule has 154 valence electrons. The third-order valence-electron chi connectivity index (χ3n) is 5.32. The predicted octanol–water partition coefficient (Wildman–Crippen LogP) is 5.76. The molecule has 0 aromatic heterocycles. The molecule has 1 heterocycles. The summed E-state index contributed by atoms with van der Waals surface area (Å²) in [7, 11) is 0. The summed E-state index contributed by atoms with van der Waals surface area (Å²) in [4.78, 5) is 14.4. The normalized spacial score (nSPS) is 15.5. The molecule has 1 aliphatic rings. The molecule has 0 radical (unpaired) electrons. The van der Waals surface area contributed by atoms with Gasteiger partial charge in [-0.2, -0.15) is 0 Å². The van der Waals surface area contributed by atoms with E-state index in [0.29, 0.717) is 37.4 Å². The van der Waals surface area contributed by atoms with Crippen LogP contribution in [0, 0.1) is 0 Å². The maximum atomic E-state index is 12.7. The molecule has 1 fully saturated rings. The van der Waals surface area contributed by atoms with Crippen LogP contribution >= 0.6 is 15.9 Å². The van der Waals surface area contributed by atoms with Crippen molar-refractivity contribution in [2.45, 2.75) is 18.4 Å². The number of likely N-dealkylation sites (tertiary alicyclic amines) is 1. The monoisotopic (exact) mass is 466 g/mol. The smallest absolute Gasteiger partial charge is 0.321 e. The van der Waals surface area contributed by atoms with Crippen molar-refractivity contribution < 1.29 is 14.6 Å². The summed E-state index contributed by atoms with van der Waals surface area (Å²) in [6.07, 6.45) is 0.998. The van der Waals surface area contributed by atoms with E-state index in [-0.39, 0.29) is 6.03 Å². The fourth-order valence-corrected chi connectivity index (χ4v) is 3.86. The number of rotatable bonds is 4. The lowest BCUT2D eigenvalue weighted by atomic mass is 9.84. The lowest BCUT2D eigenvalue weighted by molar-refractivity contribution is -0.0157. The molecular formula is C24H23BrN2O3. The highest BCUT2D eigenvalue weighted by molar-refractivity contribution is 9.10. The number of carbonyl (C=O) groups excluding carboxylic acids is 1. The first-order chi connectivity index (χ1) is 14.5. The van der Waals surface area contributed by atoms with Crippen LogP contribution in [0.15, 0.2) is 83.3 Å². The molecular weight excluding hydrogens is 444 g/mol. The number of hydrogen-bond acceptors (Lipinski definition) is 3. The summed E-state index contributed by atoms with van der Waals surface area (Å²) >= 11 is 3.42. The maximum Gasteiger partial charge on any atom is 0.321 e. The van der Waals surface area contributed by atoms with E-state index in [2.05, 4.69) is 21.2 Å². The molecule has 0 atom stereocenters. The fraction of sp³-hybridized carbons (Fsp3) is 0.208. The third kappa shape index (κ3) is 4.83. The average Bonchev–Trinajstić information content (AvgIpc) is 2.75. The number of anilines is 1. The summed E-state index contributed by atoms with van der Waals surface area (Å²) in [5.41, 5.74) is 0.652. The molecule has 0 aliphatic carbocycles. The van der Waals surface area contributed by atoms with E-state index in [1.807, 2.05) is 72.8 Å². The Morgan fingerprint density at radius 1 is 0.933 bits per heavy atom. The summed E-state index contributed by atoms with van der Waals surface area (Å²) < 4.78 is 6.81. The Kier molecular flexibility index (Phi) is 6.06. The Morgan fingerprint density at radius 3 is 2.30 bits per heavy atom. The van der Waals surface area contributed by atoms with Crippen LogP contribution in [0.1, 0.15) is 18.4 Å². The number of piperidine rings is 1. The van der Waals surface area contributed by atoms with E-state index in [9.17, 15) is 9.90 Å². The molecule has 6 heteroatoms. The van der Waals surface area contributed by atoms with Crippen molar-refractivity contribution in [3.8, 4) is 11.5 Å². The molecule has 30 heavy (non-hydrogen) atoms. The van der Waals surface area contributed by atoms with Gasteiger partial charge in [-0.1, -0.05) is 52.3 Å². The number of carbonyl (C=O) groups is 1. The number of urea groups is 1. The van der Waals surface area contributed by atoms with Gasteiger partial charge in [0.2, 0.25) is 0 Å². The number of nitrogens with one attached hydrogen (secondary N) is 1. The molecule has 0 bridgehead atoms. The van der Waals surface area contributed by atoms with E-state index in [0.717, 1.165) is 15.8 Å². The molecule has 2 amide bonds. The van der Waals surface area contributed by atoms with E-state index < -0.39 is 5.60 Å². The summed E-state index contributed by atoms with van der Waals surface area (Å²) in [6.45, 7) is 0.969. The minimum Gasteiger partial charge on any atom is -0.457 e. The molecule has 1 saturated heterocycles. The van der Waals surface area contributed by atoms with Crippen LogP contribution in [0.5, 0.6) is 11.5 Å². The van der Waals surface area contributed by atoms with Crippen molar-refractivity contribution >= 4 is 27.6 Å². The standard InChI is InChI=1S/C24H23BrN2O3/c25-19-11-9-18(10-12-19)24(29)13-15-27(16-14-24)23(28)26-20-5-4-8-22(17-20)30-21-6-2-1-3-7-21/h1-12,17,29H,13-16H2,(H,26,28). The van der Waals surface area contributed by atoms with E-state index >= 15 is 0 Å². The Labute approximate surface area is 184 Å². The van der Waals surface area contributed by atoms with Crippen LogP contribution in [0.2, 0.25) is 0 Å². The highest BCUT2D eigenvalue weighted by atomic mass is 79.9. The first kappa shape index (κ1) is 20.4. The first-order valence-electron chi connectivity index (χ1n) is 9.89. The quantitative estimate of drug-likeness (QED) is 0.513. The molecule has 3 aromatic rings. The predicted molar refractivity (Wildman–Crippen MR) is 121 cm³/mol. The number of benzene rings is 3. The lowest BCUT2D eigenvalue weighted by Gasteiger charge is -2.38. The van der Waals surface area contributed by atoms with Gasteiger partial charge in [0, 0.05) is 29.3 Å². The van der Waals surface area contributed by atoms with E-state index in [1.165, 1.54) is 0 Å². The topological polar surface area (TPSA) is 61.8 Å². The van der Waals surface area contributed by atoms with Gasteiger partial charge in [0.1, 0.15) is 11.5 Å². The van der Waals surface area contributed by atoms with Gasteiger partial charge in [-0.3, -0.25) is 0 Å². The van der Waals surface area contributed by atoms with Gasteiger partial charge in [-0.15, -0.1) is 0 Å². The van der Waals surface area contributed by atoms with Gasteiger partial charge in [0.05, 0.1) is 5.60 Å². The molecule has 0 unspecified atom stereocenters. The van der Waals surface area contributed by atoms with Crippen LogP contribution in [0.3, 0.4) is 0 Å². The van der Waals surface area contributed by atoms with Crippen molar-refractivity contribution in [3.63, 3.8) is 0 Å². The third-order valence-corrected chi connectivity index (χ3v) is 5.85. The molecule has 5 nitrogen and oxygen atoms in total. The number of aliphatic hydroxyl groups is 1. The van der Waals surface area contributed by atoms with Crippen molar-refractivity contribution in [2.24, 2.45) is 0 Å². The van der Waals surface area contributed by atoms with Gasteiger partial charge in [-0.25, -0.2) is 4.79 Å². The van der Waals surface area contributed by atoms with Gasteiger partial charge >= 0.3 is 6.03 Å². The van der Waals surface area contributed by atoms with Crippen LogP contribution in [0.4, 0.5) is 10.5 Å². The van der Waals surface area contributed by atoms with Crippen molar-refractivity contribution in [2.75, 3.05) is 18.4 Å². The highest BCUT2D eigenvalue weighted by Gasteiger charge is 2.35. The van der Waals surface area contributed by atoms with E-state index in [4.69, 9.17) is 4.74 Å². The van der Waals surface area contributed by atoms with Crippen LogP contribution in [0.25, 0.3) is 0 Å². The minimum absolute atomic E-state index is 0.176. The van der Waals surface area contributed by atoms with Crippen molar-refractivity contribution in [3.05, 3.63) is 88.9 Å². The van der Waals surface area contributed by atoms with Crippen molar-refractivity contribution in [1.82, 2.24) is 4.90 Å². The van der Waals surface area contributed by atoms with Gasteiger partial charge in [0.25, 0.3) is 0 Å². The Balaban J connectivity index is 1.36. The maximum absolute atomic E-state index is 12.7. The van der Waals surface area contributed by atoms with Crippen molar-refractivity contribution in [1.29, 1.82) is 0 Å². The molecule has 4 rings (SSSR count). The zero-order valence-corrected chi connectivity index (χ0v) is 18.0. The summed E-state index contributed by atoms with van der Waals surface area (Å²) in [6, 6.07) is 24.4. The molecule has 0 saturated carbocycles. The van der Waals surface area contributed by atoms with Crippen LogP contribution < -0.4 is 10.1 Å². The molecule has 0 spiro atoms. The van der Waals surface area contributed by atoms with Crippen LogP contribution in [-0.2, 0) is 5.60 Å². The number of nitrogens with zero attached hydrogens (tertiary/aromatic N) is 1. The number of para-hydroxylation sites is 1. The van der Waals surface area contributed by atoms with Gasteiger partial charge < -0.3 is 20.1 Å². The molecule has 2 N–H and O–H groups in total. The average molecular weight is 467 g/mol. The number of ether oxygens (including phenoxy) is 1. The number of halogens is 1. The first-order valence-corrected chi connectivity index (χ1v) is 10.7. The molecule has 3 aromatic carbocycles. The number of hydrogen-bond donors (Lipinski definition) is 2. The highest BCUT2D eigenvalue weighted by Crippen LogP contribution is 2.33. The SMILES string of the molecule is O=C(Nc1cccc(Oc2ccccc2)c1)N1CCC(O)(c2ccc(Br)cc2)CC1. The van der Waals surface area contributed by atoms with Gasteiger partial charge in [-0.05, 0) is 54.8 Å². The summed E-state index contributed by atoms with van der Waals surface area (Å²) in [5.74, 6) is 1.39. The van der Waals surface area contributed by atoms with E-state index in [1.54, 1.807) is 11.0 Å². The largest absolute Gasteiger partial charge is 0.457 e. The Morgan fingerprint density at radius 2 is 1.60 bits per heavy atom. The summed E-state index contributed by atoms with van der Waals surface area (Å²) in [5, 5.41) is 13.9. The minimum atomic E-state index is -0.902. The Bertz CT molecular complexity index is 1000. The second-order valence-electron chi connectivity index (χ2n) is 7.40.